The molecule has 0 spiro atoms. The molecular formula is C22H19F2N3O3. The van der Waals surface area contributed by atoms with Crippen LogP contribution in [-0.2, 0) is 6.54 Å². The van der Waals surface area contributed by atoms with Gasteiger partial charge in [-0.3, -0.25) is 4.57 Å². The van der Waals surface area contributed by atoms with Crippen molar-refractivity contribution in [2.75, 3.05) is 13.7 Å². The minimum Gasteiger partial charge on any atom is -0.493 e. The van der Waals surface area contributed by atoms with E-state index >= 15 is 0 Å². The van der Waals surface area contributed by atoms with Crippen LogP contribution in [-0.4, -0.2) is 28.3 Å². The zero-order chi connectivity index (χ0) is 21.3. The molecule has 0 radical (unpaired) electrons. The number of benzene rings is 2. The molecule has 0 bridgehead atoms. The SMILES string of the molecule is CCOc1cc(Cn2c(=O)[nH]c3cc(-c4c(F)cccc4F)cnc32)ccc1OC. The van der Waals surface area contributed by atoms with Crippen molar-refractivity contribution >= 4 is 11.2 Å². The number of methoxy groups -OCH3 is 1. The summed E-state index contributed by atoms with van der Waals surface area (Å²) in [6.07, 6.45) is 1.35. The number of pyridine rings is 1. The van der Waals surface area contributed by atoms with E-state index in [0.717, 1.165) is 5.56 Å². The number of nitrogens with zero attached hydrogens (tertiary/aromatic N) is 2. The highest BCUT2D eigenvalue weighted by Crippen LogP contribution is 2.29. The lowest BCUT2D eigenvalue weighted by Gasteiger charge is -2.11. The molecule has 8 heteroatoms. The van der Waals surface area contributed by atoms with E-state index in [4.69, 9.17) is 9.47 Å². The first kappa shape index (κ1) is 19.6. The van der Waals surface area contributed by atoms with Crippen molar-refractivity contribution < 1.29 is 18.3 Å². The molecule has 0 fully saturated rings. The monoisotopic (exact) mass is 411 g/mol. The Bertz CT molecular complexity index is 1260. The van der Waals surface area contributed by atoms with Crippen LogP contribution in [0, 0.1) is 11.6 Å². The van der Waals surface area contributed by atoms with Crippen LogP contribution in [0.2, 0.25) is 0 Å². The Balaban J connectivity index is 1.74. The van der Waals surface area contributed by atoms with Crippen LogP contribution in [0.4, 0.5) is 8.78 Å². The third-order valence-electron chi connectivity index (χ3n) is 4.73. The molecule has 0 aliphatic rings. The molecule has 0 atom stereocenters. The number of halogens is 2. The summed E-state index contributed by atoms with van der Waals surface area (Å²) in [5.41, 5.74) is 1.27. The molecule has 2 aromatic carbocycles. The fourth-order valence-electron chi connectivity index (χ4n) is 3.37. The van der Waals surface area contributed by atoms with Crippen molar-refractivity contribution in [3.05, 3.63) is 76.3 Å². The van der Waals surface area contributed by atoms with E-state index < -0.39 is 11.6 Å². The second kappa shape index (κ2) is 7.98. The quantitative estimate of drug-likeness (QED) is 0.518. The lowest BCUT2D eigenvalue weighted by molar-refractivity contribution is 0.310. The topological polar surface area (TPSA) is 69.1 Å². The highest BCUT2D eigenvalue weighted by molar-refractivity contribution is 5.78. The normalized spacial score (nSPS) is 11.1. The van der Waals surface area contributed by atoms with Gasteiger partial charge >= 0.3 is 5.69 Å². The molecule has 6 nitrogen and oxygen atoms in total. The smallest absolute Gasteiger partial charge is 0.327 e. The van der Waals surface area contributed by atoms with Gasteiger partial charge in [0.25, 0.3) is 0 Å². The molecule has 0 unspecified atom stereocenters. The van der Waals surface area contributed by atoms with Crippen molar-refractivity contribution in [1.29, 1.82) is 0 Å². The van der Waals surface area contributed by atoms with Gasteiger partial charge in [0.1, 0.15) is 11.6 Å². The van der Waals surface area contributed by atoms with Gasteiger partial charge in [-0.2, -0.15) is 0 Å². The molecule has 4 rings (SSSR count). The lowest BCUT2D eigenvalue weighted by atomic mass is 10.1. The highest BCUT2D eigenvalue weighted by Gasteiger charge is 2.15. The third kappa shape index (κ3) is 3.52. The number of aromatic nitrogens is 3. The van der Waals surface area contributed by atoms with E-state index in [-0.39, 0.29) is 23.4 Å². The second-order valence-corrected chi connectivity index (χ2v) is 6.63. The summed E-state index contributed by atoms with van der Waals surface area (Å²) in [7, 11) is 1.56. The average molecular weight is 411 g/mol. The second-order valence-electron chi connectivity index (χ2n) is 6.63. The van der Waals surface area contributed by atoms with Crippen molar-refractivity contribution in [2.45, 2.75) is 13.5 Å². The minimum absolute atomic E-state index is 0.183. The fourth-order valence-corrected chi connectivity index (χ4v) is 3.37. The zero-order valence-electron chi connectivity index (χ0n) is 16.4. The first-order valence-electron chi connectivity index (χ1n) is 9.34. The molecule has 4 aromatic rings. The van der Waals surface area contributed by atoms with E-state index in [9.17, 15) is 13.6 Å². The molecule has 2 aromatic heterocycles. The van der Waals surface area contributed by atoms with E-state index in [1.54, 1.807) is 19.2 Å². The maximum Gasteiger partial charge on any atom is 0.327 e. The molecular weight excluding hydrogens is 392 g/mol. The van der Waals surface area contributed by atoms with E-state index in [1.165, 1.54) is 35.0 Å². The zero-order valence-corrected chi connectivity index (χ0v) is 16.4. The summed E-state index contributed by atoms with van der Waals surface area (Å²) in [5.74, 6) is -0.212. The van der Waals surface area contributed by atoms with Gasteiger partial charge < -0.3 is 14.5 Å². The Morgan fingerprint density at radius 1 is 1.10 bits per heavy atom. The fraction of sp³-hybridized carbons (Fsp3) is 0.182. The standard InChI is InChI=1S/C22H19F2N3O3/c1-3-30-19-9-13(7-8-18(19)29-2)12-27-21-17(26-22(27)28)10-14(11-25-21)20-15(23)5-4-6-16(20)24/h4-11H,3,12H2,1-2H3,(H,26,28). The van der Waals surface area contributed by atoms with Crippen molar-refractivity contribution in [1.82, 2.24) is 14.5 Å². The van der Waals surface area contributed by atoms with Gasteiger partial charge in [-0.1, -0.05) is 12.1 Å². The van der Waals surface area contributed by atoms with Crippen LogP contribution in [0.3, 0.4) is 0 Å². The summed E-state index contributed by atoms with van der Waals surface area (Å²) in [4.78, 5) is 19.5. The Hall–Kier alpha value is -3.68. The predicted molar refractivity (Wildman–Crippen MR) is 109 cm³/mol. The molecule has 2 heterocycles. The summed E-state index contributed by atoms with van der Waals surface area (Å²) in [6.45, 7) is 2.59. The van der Waals surface area contributed by atoms with Crippen molar-refractivity contribution in [3.63, 3.8) is 0 Å². The Labute approximate surface area is 170 Å². The number of ether oxygens (including phenoxy) is 2. The average Bonchev–Trinajstić information content (AvgIpc) is 3.03. The summed E-state index contributed by atoms with van der Waals surface area (Å²) in [5, 5.41) is 0. The van der Waals surface area contributed by atoms with Gasteiger partial charge in [-0.25, -0.2) is 18.6 Å². The number of imidazole rings is 1. The van der Waals surface area contributed by atoms with Crippen LogP contribution in [0.5, 0.6) is 11.5 Å². The van der Waals surface area contributed by atoms with Crippen LogP contribution < -0.4 is 15.2 Å². The van der Waals surface area contributed by atoms with Crippen LogP contribution in [0.1, 0.15) is 12.5 Å². The van der Waals surface area contributed by atoms with Gasteiger partial charge in [-0.15, -0.1) is 0 Å². The predicted octanol–water partition coefficient (Wildman–Crippen LogP) is 4.13. The molecule has 0 saturated heterocycles. The molecule has 1 N–H and O–H groups in total. The van der Waals surface area contributed by atoms with Gasteiger partial charge in [0.15, 0.2) is 17.1 Å². The number of H-pyrrole nitrogens is 1. The summed E-state index contributed by atoms with van der Waals surface area (Å²) >= 11 is 0. The molecule has 0 amide bonds. The van der Waals surface area contributed by atoms with Crippen LogP contribution >= 0.6 is 0 Å². The van der Waals surface area contributed by atoms with E-state index in [0.29, 0.717) is 29.3 Å². The van der Waals surface area contributed by atoms with Gasteiger partial charge in [0.2, 0.25) is 0 Å². The summed E-state index contributed by atoms with van der Waals surface area (Å²) in [6, 6.07) is 10.6. The van der Waals surface area contributed by atoms with Crippen molar-refractivity contribution in [2.24, 2.45) is 0 Å². The maximum atomic E-state index is 14.1. The first-order chi connectivity index (χ1) is 14.5. The highest BCUT2D eigenvalue weighted by atomic mass is 19.1. The largest absolute Gasteiger partial charge is 0.493 e. The number of hydrogen-bond donors (Lipinski definition) is 1. The van der Waals surface area contributed by atoms with E-state index in [2.05, 4.69) is 9.97 Å². The lowest BCUT2D eigenvalue weighted by Crippen LogP contribution is -2.17. The molecule has 0 aliphatic heterocycles. The number of fused-ring (bicyclic) bond motifs is 1. The molecule has 154 valence electrons. The minimum atomic E-state index is -0.695. The number of aromatic amines is 1. The van der Waals surface area contributed by atoms with Gasteiger partial charge in [0.05, 0.1) is 31.3 Å². The Morgan fingerprint density at radius 3 is 2.57 bits per heavy atom. The molecule has 0 saturated carbocycles. The van der Waals surface area contributed by atoms with Crippen LogP contribution in [0.25, 0.3) is 22.3 Å². The summed E-state index contributed by atoms with van der Waals surface area (Å²) < 4.78 is 40.5. The number of nitrogens with one attached hydrogen (secondary N) is 1. The molecule has 30 heavy (non-hydrogen) atoms. The van der Waals surface area contributed by atoms with Crippen molar-refractivity contribution in [3.8, 4) is 22.6 Å². The number of hydrogen-bond acceptors (Lipinski definition) is 4. The number of rotatable bonds is 6. The Kier molecular flexibility index (Phi) is 5.22. The molecule has 0 aliphatic carbocycles. The maximum absolute atomic E-state index is 14.1. The van der Waals surface area contributed by atoms with Gasteiger partial charge in [0, 0.05) is 11.8 Å². The third-order valence-corrected chi connectivity index (χ3v) is 4.73. The van der Waals surface area contributed by atoms with Crippen LogP contribution in [0.15, 0.2) is 53.5 Å². The Morgan fingerprint density at radius 2 is 1.87 bits per heavy atom. The van der Waals surface area contributed by atoms with Gasteiger partial charge in [-0.05, 0) is 42.8 Å². The first-order valence-corrected chi connectivity index (χ1v) is 9.34. The van der Waals surface area contributed by atoms with E-state index in [1.807, 2.05) is 13.0 Å².